The summed E-state index contributed by atoms with van der Waals surface area (Å²) in [5.41, 5.74) is 11.0. The minimum Gasteiger partial charge on any atom is -0.328 e. The molecule has 0 aliphatic rings. The molecular formula is C8H20N2O6S4. The lowest BCUT2D eigenvalue weighted by molar-refractivity contribution is 0.471. The molecule has 0 fully saturated rings. The predicted octanol–water partition coefficient (Wildman–Crippen LogP) is 0.270. The third-order valence-electron chi connectivity index (χ3n) is 2.06. The van der Waals surface area contributed by atoms with Crippen molar-refractivity contribution in [3.8, 4) is 0 Å². The van der Waals surface area contributed by atoms with Gasteiger partial charge in [-0.2, -0.15) is 16.8 Å². The van der Waals surface area contributed by atoms with Gasteiger partial charge in [0.05, 0.1) is 0 Å². The molecule has 0 saturated carbocycles. The van der Waals surface area contributed by atoms with Crippen molar-refractivity contribution in [1.29, 1.82) is 0 Å². The van der Waals surface area contributed by atoms with Crippen LogP contribution in [0.4, 0.5) is 0 Å². The fourth-order valence-electron chi connectivity index (χ4n) is 1.15. The molecular weight excluding hydrogens is 348 g/mol. The maximum absolute atomic E-state index is 11.2. The van der Waals surface area contributed by atoms with E-state index in [1.165, 1.54) is 0 Å². The summed E-state index contributed by atoms with van der Waals surface area (Å²) in [5, 5.41) is 0. The topological polar surface area (TPSA) is 161 Å². The summed E-state index contributed by atoms with van der Waals surface area (Å²) in [6.45, 7) is 3.12. The Kier molecular flexibility index (Phi) is 8.35. The fourth-order valence-corrected chi connectivity index (χ4v) is 7.87. The number of hydrogen-bond donors (Lipinski definition) is 4. The summed E-state index contributed by atoms with van der Waals surface area (Å²) < 4.78 is 60.3. The van der Waals surface area contributed by atoms with Crippen molar-refractivity contribution in [2.24, 2.45) is 11.5 Å². The maximum atomic E-state index is 11.2. The van der Waals surface area contributed by atoms with E-state index in [9.17, 15) is 16.8 Å². The molecule has 0 amide bonds. The lowest BCUT2D eigenvalue weighted by Gasteiger charge is -2.19. The van der Waals surface area contributed by atoms with Crippen LogP contribution in [-0.2, 0) is 20.2 Å². The Morgan fingerprint density at radius 3 is 1.25 bits per heavy atom. The average Bonchev–Trinajstić information content (AvgIpc) is 2.17. The maximum Gasteiger partial charge on any atom is 0.278 e. The Morgan fingerprint density at radius 1 is 0.850 bits per heavy atom. The van der Waals surface area contributed by atoms with E-state index in [1.54, 1.807) is 13.8 Å². The quantitative estimate of drug-likeness (QED) is 0.328. The fraction of sp³-hybridized carbons (Fsp3) is 1.00. The van der Waals surface area contributed by atoms with Crippen LogP contribution in [0.2, 0.25) is 0 Å². The van der Waals surface area contributed by atoms with Crippen molar-refractivity contribution in [3.63, 3.8) is 0 Å². The van der Waals surface area contributed by atoms with Crippen LogP contribution in [0.15, 0.2) is 0 Å². The van der Waals surface area contributed by atoms with E-state index < -0.39 is 41.5 Å². The van der Waals surface area contributed by atoms with E-state index in [1.807, 2.05) is 0 Å². The van der Waals surface area contributed by atoms with E-state index in [0.717, 1.165) is 0 Å². The van der Waals surface area contributed by atoms with Gasteiger partial charge >= 0.3 is 0 Å². The van der Waals surface area contributed by atoms with Gasteiger partial charge in [0, 0.05) is 12.1 Å². The smallest absolute Gasteiger partial charge is 0.278 e. The molecule has 0 radical (unpaired) electrons. The van der Waals surface area contributed by atoms with Gasteiger partial charge in [0.2, 0.25) is 0 Å². The molecule has 8 nitrogen and oxygen atoms in total. The molecule has 4 atom stereocenters. The van der Waals surface area contributed by atoms with Crippen molar-refractivity contribution in [2.45, 2.75) is 47.9 Å². The Bertz CT molecular complexity index is 443. The van der Waals surface area contributed by atoms with Gasteiger partial charge < -0.3 is 11.5 Å². The standard InChI is InChI=1S/C8H20N2O6S4/c1-5(9)3-7(19(11,12)13)17-18-8(4-6(2)10)20(14,15)16/h5-8H,3-4,9-10H2,1-2H3,(H,11,12,13)(H,14,15,16). The van der Waals surface area contributed by atoms with Crippen molar-refractivity contribution < 1.29 is 25.9 Å². The monoisotopic (exact) mass is 368 g/mol. The van der Waals surface area contributed by atoms with Gasteiger partial charge in [0.15, 0.2) is 0 Å². The van der Waals surface area contributed by atoms with E-state index in [0.29, 0.717) is 21.6 Å². The van der Waals surface area contributed by atoms with Crippen molar-refractivity contribution in [1.82, 2.24) is 0 Å². The largest absolute Gasteiger partial charge is 0.328 e. The van der Waals surface area contributed by atoms with Gasteiger partial charge in [-0.15, -0.1) is 0 Å². The summed E-state index contributed by atoms with van der Waals surface area (Å²) in [5.74, 6) is 0. The van der Waals surface area contributed by atoms with Crippen LogP contribution in [0.5, 0.6) is 0 Å². The van der Waals surface area contributed by atoms with Crippen LogP contribution < -0.4 is 11.5 Å². The van der Waals surface area contributed by atoms with Gasteiger partial charge in [-0.3, -0.25) is 9.11 Å². The Hall–Kier alpha value is 0.440. The van der Waals surface area contributed by atoms with Crippen LogP contribution in [-0.4, -0.2) is 47.2 Å². The lowest BCUT2D eigenvalue weighted by Crippen LogP contribution is -2.28. The highest BCUT2D eigenvalue weighted by molar-refractivity contribution is 8.79. The molecule has 122 valence electrons. The summed E-state index contributed by atoms with van der Waals surface area (Å²) in [7, 11) is -7.47. The SMILES string of the molecule is CC(N)CC(SSC(CC(C)N)S(=O)(=O)O)S(=O)(=O)O. The molecule has 0 aliphatic carbocycles. The Morgan fingerprint density at radius 2 is 1.10 bits per heavy atom. The van der Waals surface area contributed by atoms with Gasteiger partial charge in [-0.1, -0.05) is 21.6 Å². The second-order valence-electron chi connectivity index (χ2n) is 4.51. The minimum absolute atomic E-state index is 0.0487. The summed E-state index contributed by atoms with van der Waals surface area (Å²) in [4.78, 5) is 0. The molecule has 0 aromatic heterocycles. The van der Waals surface area contributed by atoms with E-state index in [4.69, 9.17) is 20.6 Å². The molecule has 0 aliphatic heterocycles. The molecule has 0 aromatic carbocycles. The molecule has 12 heteroatoms. The molecule has 0 bridgehead atoms. The second-order valence-corrected chi connectivity index (χ2v) is 11.0. The van der Waals surface area contributed by atoms with Crippen LogP contribution in [0.25, 0.3) is 0 Å². The first kappa shape index (κ1) is 20.4. The molecule has 0 saturated heterocycles. The second kappa shape index (κ2) is 8.17. The average molecular weight is 369 g/mol. The van der Waals surface area contributed by atoms with Crippen LogP contribution in [0.3, 0.4) is 0 Å². The van der Waals surface area contributed by atoms with Crippen LogP contribution in [0, 0.1) is 0 Å². The van der Waals surface area contributed by atoms with Crippen LogP contribution >= 0.6 is 21.6 Å². The van der Waals surface area contributed by atoms with Crippen molar-refractivity contribution >= 4 is 41.8 Å². The molecule has 20 heavy (non-hydrogen) atoms. The molecule has 0 rings (SSSR count). The first-order chi connectivity index (χ1) is 8.84. The first-order valence-electron chi connectivity index (χ1n) is 5.60. The summed E-state index contributed by atoms with van der Waals surface area (Å²) in [6.07, 6.45) is -0.0975. The van der Waals surface area contributed by atoms with E-state index in [2.05, 4.69) is 0 Å². The van der Waals surface area contributed by atoms with Crippen molar-refractivity contribution in [3.05, 3.63) is 0 Å². The number of rotatable bonds is 9. The van der Waals surface area contributed by atoms with E-state index in [-0.39, 0.29) is 12.8 Å². The van der Waals surface area contributed by atoms with Crippen molar-refractivity contribution in [2.75, 3.05) is 0 Å². The third-order valence-corrected chi connectivity index (χ3v) is 9.20. The molecule has 6 N–H and O–H groups in total. The highest BCUT2D eigenvalue weighted by atomic mass is 33.1. The third kappa shape index (κ3) is 8.67. The predicted molar refractivity (Wildman–Crippen MR) is 82.4 cm³/mol. The Balaban J connectivity index is 4.88. The zero-order chi connectivity index (χ0) is 16.1. The van der Waals surface area contributed by atoms with Gasteiger partial charge in [0.25, 0.3) is 20.2 Å². The zero-order valence-corrected chi connectivity index (χ0v) is 14.3. The Labute approximate surface area is 127 Å². The minimum atomic E-state index is -4.38. The molecule has 0 heterocycles. The number of hydrogen-bond acceptors (Lipinski definition) is 8. The normalized spacial score (nSPS) is 19.3. The number of nitrogens with two attached hydrogens (primary N) is 2. The van der Waals surface area contributed by atoms with Gasteiger partial charge in [0.1, 0.15) is 9.16 Å². The highest BCUT2D eigenvalue weighted by Crippen LogP contribution is 2.38. The van der Waals surface area contributed by atoms with Gasteiger partial charge in [-0.25, -0.2) is 0 Å². The van der Waals surface area contributed by atoms with Crippen LogP contribution in [0.1, 0.15) is 26.7 Å². The first-order valence-corrected chi connectivity index (χ1v) is 10.9. The lowest BCUT2D eigenvalue weighted by atomic mass is 10.3. The molecule has 4 unspecified atom stereocenters. The summed E-state index contributed by atoms with van der Waals surface area (Å²) in [6, 6.07) is -0.986. The van der Waals surface area contributed by atoms with Gasteiger partial charge in [-0.05, 0) is 26.7 Å². The highest BCUT2D eigenvalue weighted by Gasteiger charge is 2.31. The summed E-state index contributed by atoms with van der Waals surface area (Å²) >= 11 is 0. The molecule has 0 aromatic rings. The zero-order valence-electron chi connectivity index (χ0n) is 11.0. The van der Waals surface area contributed by atoms with E-state index >= 15 is 0 Å². The molecule has 0 spiro atoms.